The number of hydrogen-bond acceptors (Lipinski definition) is 2. The number of aromatic nitrogens is 2. The largest absolute Gasteiger partial charge is 0.330 e. The van der Waals surface area contributed by atoms with Crippen LogP contribution in [0.1, 0.15) is 5.56 Å². The van der Waals surface area contributed by atoms with E-state index in [4.69, 9.17) is 17.5 Å². The van der Waals surface area contributed by atoms with Crippen molar-refractivity contribution in [2.75, 3.05) is 0 Å². The van der Waals surface area contributed by atoms with Crippen LogP contribution in [0.5, 0.6) is 0 Å². The quantitative estimate of drug-likeness (QED) is 0.691. The van der Waals surface area contributed by atoms with Crippen LogP contribution in [0.3, 0.4) is 0 Å². The lowest BCUT2D eigenvalue weighted by Gasteiger charge is -2.06. The van der Waals surface area contributed by atoms with Crippen LogP contribution in [0.25, 0.3) is 16.7 Å². The number of H-pyrrole nitrogens is 1. The van der Waals surface area contributed by atoms with Gasteiger partial charge < -0.3 is 4.98 Å². The third kappa shape index (κ3) is 1.89. The van der Waals surface area contributed by atoms with Crippen molar-refractivity contribution in [3.8, 4) is 11.8 Å². The minimum absolute atomic E-state index is 0.172. The van der Waals surface area contributed by atoms with Crippen LogP contribution in [-0.4, -0.2) is 9.55 Å². The lowest BCUT2D eigenvalue weighted by atomic mass is 10.2. The fraction of sp³-hybridized carbons (Fsp3) is 0. The van der Waals surface area contributed by atoms with Crippen molar-refractivity contribution in [2.24, 2.45) is 0 Å². The van der Waals surface area contributed by atoms with Gasteiger partial charge in [0.15, 0.2) is 4.77 Å². The van der Waals surface area contributed by atoms with Crippen LogP contribution in [0, 0.1) is 27.7 Å². The van der Waals surface area contributed by atoms with E-state index < -0.39 is 11.6 Å². The van der Waals surface area contributed by atoms with Gasteiger partial charge in [0.05, 0.1) is 28.4 Å². The van der Waals surface area contributed by atoms with Crippen molar-refractivity contribution in [3.63, 3.8) is 0 Å². The van der Waals surface area contributed by atoms with E-state index in [1.54, 1.807) is 6.07 Å². The standard InChI is InChI=1S/C14H7F2N3S/c15-9-2-3-11-13(6-9)19(14(20)18-11)12-4-1-8(7-17)5-10(12)16/h1-6H,(H,18,20). The Morgan fingerprint density at radius 1 is 1.15 bits per heavy atom. The van der Waals surface area contributed by atoms with E-state index in [-0.39, 0.29) is 16.0 Å². The van der Waals surface area contributed by atoms with E-state index in [1.807, 2.05) is 6.07 Å². The number of benzene rings is 2. The van der Waals surface area contributed by atoms with E-state index in [0.717, 1.165) is 6.07 Å². The van der Waals surface area contributed by atoms with Gasteiger partial charge in [-0.05, 0) is 42.5 Å². The fourth-order valence-electron chi connectivity index (χ4n) is 2.07. The second-order valence-corrected chi connectivity index (χ2v) is 4.59. The molecule has 0 amide bonds. The Balaban J connectivity index is 2.35. The van der Waals surface area contributed by atoms with Crippen LogP contribution in [0.2, 0.25) is 0 Å². The van der Waals surface area contributed by atoms with Crippen LogP contribution in [0.15, 0.2) is 36.4 Å². The summed E-state index contributed by atoms with van der Waals surface area (Å²) in [5.41, 5.74) is 1.44. The molecule has 0 aliphatic rings. The first-order valence-electron chi connectivity index (χ1n) is 5.70. The lowest BCUT2D eigenvalue weighted by Crippen LogP contribution is -1.98. The maximum atomic E-state index is 14.1. The molecule has 20 heavy (non-hydrogen) atoms. The molecule has 0 saturated carbocycles. The molecule has 0 unspecified atom stereocenters. The summed E-state index contributed by atoms with van der Waals surface area (Å²) < 4.78 is 29.1. The summed E-state index contributed by atoms with van der Waals surface area (Å²) in [5.74, 6) is -1.03. The van der Waals surface area contributed by atoms with E-state index in [9.17, 15) is 8.78 Å². The fourth-order valence-corrected chi connectivity index (χ4v) is 2.38. The van der Waals surface area contributed by atoms with Gasteiger partial charge in [0.2, 0.25) is 0 Å². The monoisotopic (exact) mass is 287 g/mol. The Morgan fingerprint density at radius 3 is 2.65 bits per heavy atom. The molecule has 6 heteroatoms. The summed E-state index contributed by atoms with van der Waals surface area (Å²) in [6.07, 6.45) is 0. The van der Waals surface area contributed by atoms with E-state index in [2.05, 4.69) is 4.98 Å². The van der Waals surface area contributed by atoms with Gasteiger partial charge in [-0.15, -0.1) is 0 Å². The van der Waals surface area contributed by atoms with Crippen molar-refractivity contribution in [1.82, 2.24) is 9.55 Å². The minimum atomic E-state index is -0.592. The number of hydrogen-bond donors (Lipinski definition) is 1. The zero-order chi connectivity index (χ0) is 14.3. The Kier molecular flexibility index (Phi) is 2.84. The number of imidazole rings is 1. The number of nitrogens with zero attached hydrogens (tertiary/aromatic N) is 2. The summed E-state index contributed by atoms with van der Waals surface area (Å²) in [7, 11) is 0. The van der Waals surface area contributed by atoms with Gasteiger partial charge in [0.25, 0.3) is 0 Å². The van der Waals surface area contributed by atoms with Gasteiger partial charge in [-0.3, -0.25) is 4.57 Å². The Bertz CT molecular complexity index is 918. The highest BCUT2D eigenvalue weighted by Gasteiger charge is 2.12. The molecule has 0 atom stereocenters. The molecule has 1 heterocycles. The summed E-state index contributed by atoms with van der Waals surface area (Å²) in [6, 6.07) is 10.0. The predicted molar refractivity (Wildman–Crippen MR) is 73.1 cm³/mol. The highest BCUT2D eigenvalue weighted by molar-refractivity contribution is 7.71. The molecule has 0 aliphatic heterocycles. The number of rotatable bonds is 1. The maximum Gasteiger partial charge on any atom is 0.182 e. The van der Waals surface area contributed by atoms with Crippen molar-refractivity contribution in [2.45, 2.75) is 0 Å². The SMILES string of the molecule is N#Cc1ccc(-n2c(=S)[nH]c3ccc(F)cc32)c(F)c1. The topological polar surface area (TPSA) is 44.5 Å². The summed E-state index contributed by atoms with van der Waals surface area (Å²) in [5, 5.41) is 8.75. The van der Waals surface area contributed by atoms with Gasteiger partial charge in [-0.1, -0.05) is 0 Å². The van der Waals surface area contributed by atoms with Crippen molar-refractivity contribution < 1.29 is 8.78 Å². The maximum absolute atomic E-state index is 14.1. The molecule has 1 aromatic heterocycles. The van der Waals surface area contributed by atoms with Crippen LogP contribution in [-0.2, 0) is 0 Å². The molecule has 0 saturated heterocycles. The van der Waals surface area contributed by atoms with Crippen LogP contribution >= 0.6 is 12.2 Å². The average Bonchev–Trinajstić information content (AvgIpc) is 2.74. The first kappa shape index (κ1) is 12.5. The molecule has 3 nitrogen and oxygen atoms in total. The van der Waals surface area contributed by atoms with E-state index >= 15 is 0 Å². The molecular weight excluding hydrogens is 280 g/mol. The highest BCUT2D eigenvalue weighted by atomic mass is 32.1. The zero-order valence-corrected chi connectivity index (χ0v) is 10.8. The van der Waals surface area contributed by atoms with Gasteiger partial charge >= 0.3 is 0 Å². The minimum Gasteiger partial charge on any atom is -0.330 e. The third-order valence-corrected chi connectivity index (χ3v) is 3.25. The molecule has 98 valence electrons. The van der Waals surface area contributed by atoms with E-state index in [0.29, 0.717) is 11.0 Å². The van der Waals surface area contributed by atoms with Crippen LogP contribution in [0.4, 0.5) is 8.78 Å². The van der Waals surface area contributed by atoms with Crippen LogP contribution < -0.4 is 0 Å². The Morgan fingerprint density at radius 2 is 1.95 bits per heavy atom. The number of halogens is 2. The van der Waals surface area contributed by atoms with E-state index in [1.165, 1.54) is 28.8 Å². The molecule has 0 fully saturated rings. The smallest absolute Gasteiger partial charge is 0.182 e. The summed E-state index contributed by atoms with van der Waals surface area (Å²) >= 11 is 5.15. The molecule has 0 radical (unpaired) electrons. The number of aromatic amines is 1. The van der Waals surface area contributed by atoms with Gasteiger partial charge in [-0.25, -0.2) is 8.78 Å². The first-order valence-corrected chi connectivity index (χ1v) is 6.11. The average molecular weight is 287 g/mol. The number of nitriles is 1. The highest BCUT2D eigenvalue weighted by Crippen LogP contribution is 2.23. The zero-order valence-electron chi connectivity index (χ0n) is 10.0. The second kappa shape index (κ2) is 4.54. The molecule has 3 rings (SSSR count). The lowest BCUT2D eigenvalue weighted by molar-refractivity contribution is 0.617. The molecule has 3 aromatic rings. The molecule has 0 bridgehead atoms. The summed E-state index contributed by atoms with van der Waals surface area (Å²) in [4.78, 5) is 2.89. The van der Waals surface area contributed by atoms with Gasteiger partial charge in [0, 0.05) is 6.07 Å². The molecular formula is C14H7F2N3S. The molecule has 1 N–H and O–H groups in total. The first-order chi connectivity index (χ1) is 9.60. The third-order valence-electron chi connectivity index (χ3n) is 2.96. The molecule has 0 spiro atoms. The Labute approximate surface area is 117 Å². The van der Waals surface area contributed by atoms with Gasteiger partial charge in [0.1, 0.15) is 11.6 Å². The predicted octanol–water partition coefficient (Wildman–Crippen LogP) is 3.84. The Hall–Kier alpha value is -2.52. The molecule has 2 aromatic carbocycles. The number of fused-ring (bicyclic) bond motifs is 1. The second-order valence-electron chi connectivity index (χ2n) is 4.21. The summed E-state index contributed by atoms with van der Waals surface area (Å²) in [6.45, 7) is 0. The normalized spacial score (nSPS) is 10.7. The van der Waals surface area contributed by atoms with Crippen molar-refractivity contribution in [3.05, 3.63) is 58.4 Å². The van der Waals surface area contributed by atoms with Crippen molar-refractivity contribution >= 4 is 23.3 Å². The molecule has 0 aliphatic carbocycles. The van der Waals surface area contributed by atoms with Crippen molar-refractivity contribution in [1.29, 1.82) is 5.26 Å². The van der Waals surface area contributed by atoms with Gasteiger partial charge in [-0.2, -0.15) is 5.26 Å². The number of nitrogens with one attached hydrogen (secondary N) is 1.